The number of hydrogen-bond donors (Lipinski definition) is 1. The van der Waals surface area contributed by atoms with E-state index in [1.807, 2.05) is 32.0 Å². The van der Waals surface area contributed by atoms with Crippen LogP contribution in [0.25, 0.3) is 11.3 Å². The van der Waals surface area contributed by atoms with E-state index >= 15 is 0 Å². The third kappa shape index (κ3) is 4.23. The fourth-order valence-electron chi connectivity index (χ4n) is 2.55. The molecule has 1 heterocycles. The number of halogens is 1. The molecule has 3 rings (SSSR count). The van der Waals surface area contributed by atoms with E-state index < -0.39 is 11.7 Å². The maximum Gasteiger partial charge on any atom is 0.365 e. The summed E-state index contributed by atoms with van der Waals surface area (Å²) in [6, 6.07) is 11.8. The first-order valence-electron chi connectivity index (χ1n) is 8.45. The zero-order valence-corrected chi connectivity index (χ0v) is 16.0. The van der Waals surface area contributed by atoms with E-state index in [-0.39, 0.29) is 5.91 Å². The molecule has 2 aromatic carbocycles. The number of rotatable bonds is 4. The van der Waals surface area contributed by atoms with E-state index in [0.717, 1.165) is 21.4 Å². The Morgan fingerprint density at radius 3 is 2.44 bits per heavy atom. The molecule has 3 aromatic rings. The Hall–Kier alpha value is -2.99. The minimum atomic E-state index is -0.800. The smallest absolute Gasteiger partial charge is 0.324 e. The molecule has 7 heteroatoms. The van der Waals surface area contributed by atoms with Crippen molar-refractivity contribution in [2.75, 3.05) is 5.32 Å². The van der Waals surface area contributed by atoms with Gasteiger partial charge in [0.25, 0.3) is 0 Å². The number of benzene rings is 2. The lowest BCUT2D eigenvalue weighted by Gasteiger charge is -2.14. The van der Waals surface area contributed by atoms with Gasteiger partial charge in [-0.3, -0.25) is 4.79 Å². The van der Waals surface area contributed by atoms with Crippen molar-refractivity contribution in [3.8, 4) is 11.3 Å². The number of aromatic nitrogens is 3. The summed E-state index contributed by atoms with van der Waals surface area (Å²) < 4.78 is 1.07. The van der Waals surface area contributed by atoms with Crippen molar-refractivity contribution in [1.82, 2.24) is 14.8 Å². The fraction of sp³-hybridized carbons (Fsp3) is 0.200. The number of carbonyl (C=O) groups is 1. The maximum absolute atomic E-state index is 12.5. The number of aryl methyl sites for hydroxylation is 2. The van der Waals surface area contributed by atoms with Gasteiger partial charge >= 0.3 is 5.69 Å². The standard InChI is InChI=1S/C20H19ClN4O2/c1-12-4-9-17(10-13(12)2)23-19(26)14(3)25-20(27)24-18(11-22-25)15-5-7-16(21)8-6-15/h4-11,14H,1-3H3,(H,23,26). The van der Waals surface area contributed by atoms with Crippen molar-refractivity contribution < 1.29 is 4.79 Å². The summed E-state index contributed by atoms with van der Waals surface area (Å²) >= 11 is 5.87. The third-order valence-corrected chi connectivity index (χ3v) is 4.63. The molecule has 0 fully saturated rings. The molecule has 0 aliphatic carbocycles. The highest BCUT2D eigenvalue weighted by Gasteiger charge is 2.19. The number of amides is 1. The first-order valence-corrected chi connectivity index (χ1v) is 8.83. The average Bonchev–Trinajstić information content (AvgIpc) is 2.64. The summed E-state index contributed by atoms with van der Waals surface area (Å²) in [5.74, 6) is -0.339. The molecule has 0 saturated heterocycles. The van der Waals surface area contributed by atoms with E-state index in [0.29, 0.717) is 16.4 Å². The lowest BCUT2D eigenvalue weighted by atomic mass is 10.1. The van der Waals surface area contributed by atoms with Crippen LogP contribution in [-0.2, 0) is 4.79 Å². The van der Waals surface area contributed by atoms with Gasteiger partial charge in [-0.2, -0.15) is 10.1 Å². The van der Waals surface area contributed by atoms with Gasteiger partial charge in [-0.25, -0.2) is 9.48 Å². The number of hydrogen-bond acceptors (Lipinski definition) is 4. The molecule has 0 saturated carbocycles. The van der Waals surface area contributed by atoms with Crippen molar-refractivity contribution in [1.29, 1.82) is 0 Å². The SMILES string of the molecule is Cc1ccc(NC(=O)C(C)n2ncc(-c3ccc(Cl)cc3)nc2=O)cc1C. The molecule has 0 aliphatic rings. The Kier molecular flexibility index (Phi) is 5.37. The van der Waals surface area contributed by atoms with Gasteiger partial charge in [-0.15, -0.1) is 0 Å². The molecule has 1 atom stereocenters. The highest BCUT2D eigenvalue weighted by molar-refractivity contribution is 6.30. The summed E-state index contributed by atoms with van der Waals surface area (Å²) in [4.78, 5) is 28.9. The van der Waals surface area contributed by atoms with Gasteiger partial charge in [-0.05, 0) is 56.2 Å². The molecule has 0 aliphatic heterocycles. The van der Waals surface area contributed by atoms with Crippen LogP contribution in [0.1, 0.15) is 24.1 Å². The second-order valence-electron chi connectivity index (χ2n) is 6.34. The largest absolute Gasteiger partial charge is 0.365 e. The van der Waals surface area contributed by atoms with Crippen molar-refractivity contribution in [3.63, 3.8) is 0 Å². The molecular weight excluding hydrogens is 364 g/mol. The molecule has 0 radical (unpaired) electrons. The second kappa shape index (κ2) is 7.72. The summed E-state index contributed by atoms with van der Waals surface area (Å²) in [5.41, 5.74) is 3.45. The highest BCUT2D eigenvalue weighted by atomic mass is 35.5. The van der Waals surface area contributed by atoms with Crippen LogP contribution in [0.4, 0.5) is 5.69 Å². The van der Waals surface area contributed by atoms with Crippen molar-refractivity contribution in [2.24, 2.45) is 0 Å². The predicted octanol–water partition coefficient (Wildman–Crippen LogP) is 3.78. The molecule has 6 nitrogen and oxygen atoms in total. The number of anilines is 1. The molecule has 1 N–H and O–H groups in total. The Balaban J connectivity index is 1.80. The molecule has 1 amide bonds. The molecule has 0 spiro atoms. The molecule has 27 heavy (non-hydrogen) atoms. The third-order valence-electron chi connectivity index (χ3n) is 4.38. The molecule has 138 valence electrons. The van der Waals surface area contributed by atoms with Crippen molar-refractivity contribution in [2.45, 2.75) is 26.8 Å². The molecule has 0 bridgehead atoms. The number of nitrogens with zero attached hydrogens (tertiary/aromatic N) is 3. The van der Waals surface area contributed by atoms with E-state index in [9.17, 15) is 9.59 Å². The van der Waals surface area contributed by atoms with Gasteiger partial charge in [0, 0.05) is 16.3 Å². The van der Waals surface area contributed by atoms with Crippen LogP contribution in [0.3, 0.4) is 0 Å². The zero-order chi connectivity index (χ0) is 19.6. The zero-order valence-electron chi connectivity index (χ0n) is 15.2. The molecule has 1 aromatic heterocycles. The maximum atomic E-state index is 12.5. The van der Waals surface area contributed by atoms with Crippen LogP contribution in [0.2, 0.25) is 5.02 Å². The van der Waals surface area contributed by atoms with Crippen LogP contribution in [-0.4, -0.2) is 20.7 Å². The van der Waals surface area contributed by atoms with Gasteiger partial charge in [0.05, 0.1) is 11.9 Å². The van der Waals surface area contributed by atoms with E-state index in [1.54, 1.807) is 31.2 Å². The van der Waals surface area contributed by atoms with Crippen LogP contribution >= 0.6 is 11.6 Å². The average molecular weight is 383 g/mol. The van der Waals surface area contributed by atoms with Crippen LogP contribution in [0.15, 0.2) is 53.5 Å². The first-order chi connectivity index (χ1) is 12.8. The Morgan fingerprint density at radius 1 is 1.11 bits per heavy atom. The highest BCUT2D eigenvalue weighted by Crippen LogP contribution is 2.18. The van der Waals surface area contributed by atoms with E-state index in [2.05, 4.69) is 15.4 Å². The second-order valence-corrected chi connectivity index (χ2v) is 6.78. The van der Waals surface area contributed by atoms with Gasteiger partial charge < -0.3 is 5.32 Å². The van der Waals surface area contributed by atoms with E-state index in [4.69, 9.17) is 11.6 Å². The molecule has 1 unspecified atom stereocenters. The van der Waals surface area contributed by atoms with Crippen LogP contribution in [0, 0.1) is 13.8 Å². The van der Waals surface area contributed by atoms with E-state index in [1.165, 1.54) is 6.20 Å². The summed E-state index contributed by atoms with van der Waals surface area (Å²) in [6.07, 6.45) is 1.46. The normalized spacial score (nSPS) is 11.9. The van der Waals surface area contributed by atoms with Crippen molar-refractivity contribution in [3.05, 3.63) is 75.3 Å². The topological polar surface area (TPSA) is 76.9 Å². The first kappa shape index (κ1) is 18.8. The molecular formula is C20H19ClN4O2. The summed E-state index contributed by atoms with van der Waals surface area (Å²) in [6.45, 7) is 5.58. The number of carbonyl (C=O) groups excluding carboxylic acids is 1. The lowest BCUT2D eigenvalue weighted by molar-refractivity contribution is -0.119. The van der Waals surface area contributed by atoms with Crippen LogP contribution in [0.5, 0.6) is 0 Å². The summed E-state index contributed by atoms with van der Waals surface area (Å²) in [5, 5.41) is 7.52. The predicted molar refractivity (Wildman–Crippen MR) is 106 cm³/mol. The van der Waals surface area contributed by atoms with Gasteiger partial charge in [0.2, 0.25) is 5.91 Å². The Bertz CT molecular complexity index is 1040. The van der Waals surface area contributed by atoms with Gasteiger partial charge in [-0.1, -0.05) is 29.8 Å². The Labute approximate surface area is 161 Å². The monoisotopic (exact) mass is 382 g/mol. The van der Waals surface area contributed by atoms with Gasteiger partial charge in [0.15, 0.2) is 0 Å². The number of nitrogens with one attached hydrogen (secondary N) is 1. The van der Waals surface area contributed by atoms with Crippen molar-refractivity contribution >= 4 is 23.2 Å². The quantitative estimate of drug-likeness (QED) is 0.745. The minimum absolute atomic E-state index is 0.339. The van der Waals surface area contributed by atoms with Crippen LogP contribution < -0.4 is 11.0 Å². The minimum Gasteiger partial charge on any atom is -0.324 e. The van der Waals surface area contributed by atoms with Gasteiger partial charge in [0.1, 0.15) is 6.04 Å². The lowest BCUT2D eigenvalue weighted by Crippen LogP contribution is -2.34. The Morgan fingerprint density at radius 2 is 1.81 bits per heavy atom. The fourth-order valence-corrected chi connectivity index (χ4v) is 2.68. The summed E-state index contributed by atoms with van der Waals surface area (Å²) in [7, 11) is 0.